The Labute approximate surface area is 112 Å². The van der Waals surface area contributed by atoms with Gasteiger partial charge in [-0.05, 0) is 6.92 Å². The second kappa shape index (κ2) is 5.19. The molecule has 106 valence electrons. The molecule has 2 rings (SSSR count). The van der Waals surface area contributed by atoms with E-state index in [4.69, 9.17) is 0 Å². The number of nitrogens with zero attached hydrogens (tertiary/aromatic N) is 4. The van der Waals surface area contributed by atoms with E-state index in [9.17, 15) is 18.9 Å². The number of nitro benzene ring substituents is 1. The van der Waals surface area contributed by atoms with Crippen LogP contribution in [-0.2, 0) is 7.05 Å². The van der Waals surface area contributed by atoms with Crippen molar-refractivity contribution in [3.63, 3.8) is 0 Å². The Balaban J connectivity index is 2.30. The highest BCUT2D eigenvalue weighted by molar-refractivity contribution is 5.52. The van der Waals surface area contributed by atoms with E-state index in [2.05, 4.69) is 15.5 Å². The van der Waals surface area contributed by atoms with Gasteiger partial charge >= 0.3 is 0 Å². The lowest BCUT2D eigenvalue weighted by atomic mass is 10.2. The first-order valence-electron chi connectivity index (χ1n) is 5.64. The van der Waals surface area contributed by atoms with Crippen molar-refractivity contribution in [2.24, 2.45) is 7.05 Å². The molecule has 0 amide bonds. The highest BCUT2D eigenvalue weighted by Crippen LogP contribution is 2.27. The van der Waals surface area contributed by atoms with Gasteiger partial charge in [0, 0.05) is 7.05 Å². The second-order valence-electron chi connectivity index (χ2n) is 4.21. The van der Waals surface area contributed by atoms with Crippen LogP contribution >= 0.6 is 0 Å². The van der Waals surface area contributed by atoms with E-state index in [1.807, 2.05) is 0 Å². The largest absolute Gasteiger partial charge is 0.371 e. The van der Waals surface area contributed by atoms with Crippen LogP contribution in [0.1, 0.15) is 18.8 Å². The van der Waals surface area contributed by atoms with Crippen molar-refractivity contribution >= 4 is 11.4 Å². The summed E-state index contributed by atoms with van der Waals surface area (Å²) < 4.78 is 29.0. The first-order valence-corrected chi connectivity index (χ1v) is 5.64. The molecule has 7 nitrogen and oxygen atoms in total. The number of non-ortho nitro benzene ring substituents is 1. The van der Waals surface area contributed by atoms with Gasteiger partial charge in [0.15, 0.2) is 17.5 Å². The molecule has 0 saturated heterocycles. The van der Waals surface area contributed by atoms with Gasteiger partial charge in [0.1, 0.15) is 12.0 Å². The minimum atomic E-state index is -1.04. The maximum absolute atomic E-state index is 13.7. The predicted octanol–water partition coefficient (Wildman–Crippen LogP) is 2.17. The van der Waals surface area contributed by atoms with Crippen LogP contribution < -0.4 is 5.32 Å². The molecule has 0 spiro atoms. The van der Waals surface area contributed by atoms with Gasteiger partial charge in [-0.3, -0.25) is 10.1 Å². The molecule has 1 N–H and O–H groups in total. The molecule has 0 aliphatic rings. The molecular formula is C11H11F2N5O2. The maximum Gasteiger partial charge on any atom is 0.275 e. The van der Waals surface area contributed by atoms with Crippen LogP contribution in [0.15, 0.2) is 18.5 Å². The molecule has 0 aliphatic carbocycles. The van der Waals surface area contributed by atoms with Gasteiger partial charge in [0.2, 0.25) is 0 Å². The van der Waals surface area contributed by atoms with E-state index in [0.29, 0.717) is 18.0 Å². The van der Waals surface area contributed by atoms with Crippen molar-refractivity contribution in [3.05, 3.63) is 46.0 Å². The minimum Gasteiger partial charge on any atom is -0.371 e. The van der Waals surface area contributed by atoms with Crippen molar-refractivity contribution < 1.29 is 13.7 Å². The van der Waals surface area contributed by atoms with Crippen molar-refractivity contribution in [2.75, 3.05) is 5.32 Å². The number of benzene rings is 1. The monoisotopic (exact) mass is 283 g/mol. The summed E-state index contributed by atoms with van der Waals surface area (Å²) >= 11 is 0. The number of nitro groups is 1. The first kappa shape index (κ1) is 13.8. The molecule has 1 heterocycles. The third kappa shape index (κ3) is 2.56. The normalized spacial score (nSPS) is 12.2. The average molecular weight is 283 g/mol. The van der Waals surface area contributed by atoms with Crippen LogP contribution in [0.3, 0.4) is 0 Å². The number of nitrogens with one attached hydrogen (secondary N) is 1. The Kier molecular flexibility index (Phi) is 3.59. The number of aromatic nitrogens is 3. The molecule has 0 radical (unpaired) electrons. The summed E-state index contributed by atoms with van der Waals surface area (Å²) in [7, 11) is 1.69. The number of hydrogen-bond acceptors (Lipinski definition) is 5. The molecule has 0 fully saturated rings. The molecule has 1 aromatic carbocycles. The maximum atomic E-state index is 13.7. The lowest BCUT2D eigenvalue weighted by Crippen LogP contribution is -2.14. The fraction of sp³-hybridized carbons (Fsp3) is 0.273. The van der Waals surface area contributed by atoms with Gasteiger partial charge in [-0.25, -0.2) is 8.78 Å². The average Bonchev–Trinajstić information content (AvgIpc) is 2.79. The van der Waals surface area contributed by atoms with E-state index in [0.717, 1.165) is 0 Å². The summed E-state index contributed by atoms with van der Waals surface area (Å²) in [6.07, 6.45) is 1.45. The van der Waals surface area contributed by atoms with Gasteiger partial charge in [0.25, 0.3) is 5.69 Å². The molecular weight excluding hydrogens is 272 g/mol. The molecule has 0 saturated carbocycles. The standard InChI is InChI=1S/C11H11F2N5O2/c1-6(11-16-14-5-17(11)2)15-10-8(12)3-7(18(19)20)4-9(10)13/h3-6,15H,1-2H3. The SMILES string of the molecule is CC(Nc1c(F)cc([N+](=O)[O-])cc1F)c1nncn1C. The highest BCUT2D eigenvalue weighted by Gasteiger charge is 2.20. The quantitative estimate of drug-likeness (QED) is 0.686. The van der Waals surface area contributed by atoms with Gasteiger partial charge in [-0.15, -0.1) is 10.2 Å². The van der Waals surface area contributed by atoms with Crippen molar-refractivity contribution in [3.8, 4) is 0 Å². The summed E-state index contributed by atoms with van der Waals surface area (Å²) in [5, 5.41) is 20.6. The molecule has 2 aromatic rings. The summed E-state index contributed by atoms with van der Waals surface area (Å²) in [6, 6.07) is 0.803. The molecule has 20 heavy (non-hydrogen) atoms. The Morgan fingerprint density at radius 2 is 2.00 bits per heavy atom. The number of rotatable bonds is 4. The Bertz CT molecular complexity index is 635. The zero-order chi connectivity index (χ0) is 14.9. The molecule has 1 atom stereocenters. The number of anilines is 1. The van der Waals surface area contributed by atoms with Crippen LogP contribution in [-0.4, -0.2) is 19.7 Å². The first-order chi connectivity index (χ1) is 9.40. The third-order valence-electron chi connectivity index (χ3n) is 2.73. The number of aryl methyl sites for hydroxylation is 1. The number of hydrogen-bond donors (Lipinski definition) is 1. The predicted molar refractivity (Wildman–Crippen MR) is 66.1 cm³/mol. The van der Waals surface area contributed by atoms with Crippen LogP contribution in [0, 0.1) is 21.7 Å². The molecule has 0 bridgehead atoms. The van der Waals surface area contributed by atoms with E-state index in [1.165, 1.54) is 6.33 Å². The summed E-state index contributed by atoms with van der Waals surface area (Å²) in [5.41, 5.74) is -1.08. The van der Waals surface area contributed by atoms with E-state index >= 15 is 0 Å². The van der Waals surface area contributed by atoms with E-state index < -0.39 is 34.0 Å². The summed E-state index contributed by atoms with van der Waals surface area (Å²) in [5.74, 6) is -1.60. The molecule has 1 unspecified atom stereocenters. The fourth-order valence-corrected chi connectivity index (χ4v) is 1.77. The zero-order valence-corrected chi connectivity index (χ0v) is 10.7. The third-order valence-corrected chi connectivity index (χ3v) is 2.73. The van der Waals surface area contributed by atoms with Crippen LogP contribution in [0.2, 0.25) is 0 Å². The summed E-state index contributed by atoms with van der Waals surface area (Å²) in [6.45, 7) is 1.64. The van der Waals surface area contributed by atoms with Crippen molar-refractivity contribution in [2.45, 2.75) is 13.0 Å². The van der Waals surface area contributed by atoms with Gasteiger partial charge in [-0.2, -0.15) is 0 Å². The van der Waals surface area contributed by atoms with Crippen LogP contribution in [0.25, 0.3) is 0 Å². The van der Waals surface area contributed by atoms with Gasteiger partial charge in [-0.1, -0.05) is 0 Å². The number of halogens is 2. The Morgan fingerprint density at radius 3 is 2.45 bits per heavy atom. The van der Waals surface area contributed by atoms with Crippen LogP contribution in [0.5, 0.6) is 0 Å². The van der Waals surface area contributed by atoms with Crippen LogP contribution in [0.4, 0.5) is 20.2 Å². The second-order valence-corrected chi connectivity index (χ2v) is 4.21. The summed E-state index contributed by atoms with van der Waals surface area (Å²) in [4.78, 5) is 9.64. The molecule has 9 heteroatoms. The van der Waals surface area contributed by atoms with Gasteiger partial charge in [0.05, 0.1) is 23.1 Å². The van der Waals surface area contributed by atoms with Crippen molar-refractivity contribution in [1.82, 2.24) is 14.8 Å². The zero-order valence-electron chi connectivity index (χ0n) is 10.7. The van der Waals surface area contributed by atoms with Crippen molar-refractivity contribution in [1.29, 1.82) is 0 Å². The minimum absolute atomic E-state index is 0.439. The Morgan fingerprint density at radius 1 is 1.40 bits per heavy atom. The lowest BCUT2D eigenvalue weighted by Gasteiger charge is -2.15. The molecule has 1 aromatic heterocycles. The van der Waals surface area contributed by atoms with Gasteiger partial charge < -0.3 is 9.88 Å². The topological polar surface area (TPSA) is 85.9 Å². The highest BCUT2D eigenvalue weighted by atomic mass is 19.1. The van der Waals surface area contributed by atoms with E-state index in [1.54, 1.807) is 18.5 Å². The lowest BCUT2D eigenvalue weighted by molar-refractivity contribution is -0.385. The Hall–Kier alpha value is -2.58. The van der Waals surface area contributed by atoms with E-state index in [-0.39, 0.29) is 0 Å². The smallest absolute Gasteiger partial charge is 0.275 e. The fourth-order valence-electron chi connectivity index (χ4n) is 1.77. The molecule has 0 aliphatic heterocycles.